The van der Waals surface area contributed by atoms with Crippen molar-refractivity contribution in [2.75, 3.05) is 31.1 Å². The number of benzene rings is 1. The van der Waals surface area contributed by atoms with E-state index in [1.165, 1.54) is 10.5 Å². The first kappa shape index (κ1) is 17.8. The van der Waals surface area contributed by atoms with Crippen molar-refractivity contribution >= 4 is 38.3 Å². The third-order valence-corrected chi connectivity index (χ3v) is 6.96. The molecule has 0 aliphatic carbocycles. The van der Waals surface area contributed by atoms with Crippen LogP contribution in [0.4, 0.5) is 5.69 Å². The molecule has 3 heterocycles. The minimum atomic E-state index is -3.60. The molecule has 1 aliphatic rings. The number of fused-ring (bicyclic) bond motifs is 1. The van der Waals surface area contributed by atoms with E-state index in [1.807, 2.05) is 12.1 Å². The lowest BCUT2D eigenvalue weighted by molar-refractivity contribution is 0.385. The van der Waals surface area contributed by atoms with Gasteiger partial charge in [0, 0.05) is 49.6 Å². The first-order valence-corrected chi connectivity index (χ1v) is 10.2. The number of aromatic nitrogens is 2. The summed E-state index contributed by atoms with van der Waals surface area (Å²) in [4.78, 5) is 9.38. The average molecular weight is 402 g/mol. The van der Waals surface area contributed by atoms with Crippen LogP contribution in [0, 0.1) is 11.3 Å². The summed E-state index contributed by atoms with van der Waals surface area (Å²) in [5, 5.41) is 9.98. The fraction of sp³-hybridized carbons (Fsp3) is 0.222. The zero-order valence-electron chi connectivity index (χ0n) is 14.3. The van der Waals surface area contributed by atoms with Crippen molar-refractivity contribution in [1.82, 2.24) is 14.3 Å². The van der Waals surface area contributed by atoms with E-state index < -0.39 is 10.0 Å². The number of piperazine rings is 1. The first-order chi connectivity index (χ1) is 13.0. The number of nitrogens with zero attached hydrogens (tertiary/aromatic N) is 4. The molecule has 0 atom stereocenters. The fourth-order valence-electron chi connectivity index (χ4n) is 3.26. The molecular weight excluding hydrogens is 386 g/mol. The second-order valence-corrected chi connectivity index (χ2v) is 8.53. The highest BCUT2D eigenvalue weighted by atomic mass is 35.5. The molecule has 3 aromatic rings. The fourth-order valence-corrected chi connectivity index (χ4v) is 5.05. The van der Waals surface area contributed by atoms with E-state index in [9.17, 15) is 8.42 Å². The number of sulfonamides is 1. The van der Waals surface area contributed by atoms with Crippen LogP contribution >= 0.6 is 11.6 Å². The molecule has 27 heavy (non-hydrogen) atoms. The number of nitrogens with one attached hydrogen (secondary N) is 1. The van der Waals surface area contributed by atoms with Crippen LogP contribution in [0.15, 0.2) is 47.6 Å². The van der Waals surface area contributed by atoms with Crippen LogP contribution in [0.5, 0.6) is 0 Å². The van der Waals surface area contributed by atoms with Crippen molar-refractivity contribution in [3.8, 4) is 6.07 Å². The third kappa shape index (κ3) is 3.14. The number of halogens is 1. The summed E-state index contributed by atoms with van der Waals surface area (Å²) in [6.45, 7) is 1.82. The van der Waals surface area contributed by atoms with E-state index >= 15 is 0 Å². The smallest absolute Gasteiger partial charge is 0.245 e. The van der Waals surface area contributed by atoms with Gasteiger partial charge < -0.3 is 9.88 Å². The SMILES string of the molecule is N#Cc1ccc(N2CCN(S(=O)(=O)c3c[nH]c4ncccc34)CC2)cc1Cl. The normalized spacial score (nSPS) is 15.8. The molecule has 0 amide bonds. The first-order valence-electron chi connectivity index (χ1n) is 8.37. The van der Waals surface area contributed by atoms with Gasteiger partial charge in [0.25, 0.3) is 0 Å². The predicted octanol–water partition coefficient (Wildman–Crippen LogP) is 2.60. The number of H-pyrrole nitrogens is 1. The van der Waals surface area contributed by atoms with Crippen LogP contribution in [0.25, 0.3) is 11.0 Å². The number of aromatic amines is 1. The van der Waals surface area contributed by atoms with Crippen molar-refractivity contribution in [3.63, 3.8) is 0 Å². The van der Waals surface area contributed by atoms with Crippen molar-refractivity contribution < 1.29 is 8.42 Å². The summed E-state index contributed by atoms with van der Waals surface area (Å²) >= 11 is 6.11. The van der Waals surface area contributed by atoms with Gasteiger partial charge in [0.2, 0.25) is 10.0 Å². The minimum Gasteiger partial charge on any atom is -0.369 e. The van der Waals surface area contributed by atoms with Crippen LogP contribution in [0.1, 0.15) is 5.56 Å². The Morgan fingerprint density at radius 1 is 1.19 bits per heavy atom. The quantitative estimate of drug-likeness (QED) is 0.728. The van der Waals surface area contributed by atoms with E-state index in [2.05, 4.69) is 14.9 Å². The van der Waals surface area contributed by atoms with Crippen molar-refractivity contribution in [3.05, 3.63) is 53.3 Å². The van der Waals surface area contributed by atoms with Gasteiger partial charge in [-0.15, -0.1) is 0 Å². The van der Waals surface area contributed by atoms with Gasteiger partial charge in [-0.05, 0) is 30.3 Å². The lowest BCUT2D eigenvalue weighted by Gasteiger charge is -2.35. The van der Waals surface area contributed by atoms with E-state index in [1.54, 1.807) is 30.5 Å². The van der Waals surface area contributed by atoms with Crippen molar-refractivity contribution in [2.45, 2.75) is 4.90 Å². The molecule has 0 spiro atoms. The highest BCUT2D eigenvalue weighted by Gasteiger charge is 2.30. The molecule has 7 nitrogen and oxygen atoms in total. The zero-order valence-corrected chi connectivity index (χ0v) is 15.8. The Balaban J connectivity index is 1.53. The van der Waals surface area contributed by atoms with Gasteiger partial charge in [-0.25, -0.2) is 13.4 Å². The highest BCUT2D eigenvalue weighted by molar-refractivity contribution is 7.89. The number of anilines is 1. The predicted molar refractivity (Wildman–Crippen MR) is 103 cm³/mol. The van der Waals surface area contributed by atoms with Crippen LogP contribution in [-0.2, 0) is 10.0 Å². The molecule has 1 fully saturated rings. The van der Waals surface area contributed by atoms with Gasteiger partial charge >= 0.3 is 0 Å². The van der Waals surface area contributed by atoms with Gasteiger partial charge in [0.05, 0.1) is 10.6 Å². The van der Waals surface area contributed by atoms with Crippen molar-refractivity contribution in [2.24, 2.45) is 0 Å². The van der Waals surface area contributed by atoms with Crippen molar-refractivity contribution in [1.29, 1.82) is 5.26 Å². The van der Waals surface area contributed by atoms with E-state index in [-0.39, 0.29) is 4.90 Å². The lowest BCUT2D eigenvalue weighted by Crippen LogP contribution is -2.48. The maximum absolute atomic E-state index is 13.0. The molecule has 1 aromatic carbocycles. The molecule has 4 rings (SSSR count). The summed E-state index contributed by atoms with van der Waals surface area (Å²) in [6.07, 6.45) is 3.12. The summed E-state index contributed by atoms with van der Waals surface area (Å²) in [5.74, 6) is 0. The van der Waals surface area contributed by atoms with Gasteiger partial charge in [0.1, 0.15) is 16.6 Å². The van der Waals surface area contributed by atoms with Gasteiger partial charge in [-0.2, -0.15) is 9.57 Å². The molecule has 1 saturated heterocycles. The molecule has 1 N–H and O–H groups in total. The molecule has 0 radical (unpaired) electrons. The van der Waals surface area contributed by atoms with E-state index in [0.29, 0.717) is 47.8 Å². The Kier molecular flexibility index (Phi) is 4.52. The number of hydrogen-bond donors (Lipinski definition) is 1. The largest absolute Gasteiger partial charge is 0.369 e. The van der Waals surface area contributed by atoms with Crippen LogP contribution in [-0.4, -0.2) is 48.9 Å². The minimum absolute atomic E-state index is 0.250. The number of rotatable bonds is 3. The maximum Gasteiger partial charge on any atom is 0.245 e. The van der Waals surface area contributed by atoms with Crippen LogP contribution < -0.4 is 4.90 Å². The molecule has 2 aromatic heterocycles. The average Bonchev–Trinajstić information content (AvgIpc) is 3.13. The molecule has 0 saturated carbocycles. The Hall–Kier alpha value is -2.60. The second-order valence-electron chi connectivity index (χ2n) is 6.22. The molecule has 9 heteroatoms. The van der Waals surface area contributed by atoms with Gasteiger partial charge in [0.15, 0.2) is 0 Å². The summed E-state index contributed by atoms with van der Waals surface area (Å²) in [5.41, 5.74) is 1.86. The van der Waals surface area contributed by atoms with E-state index in [4.69, 9.17) is 16.9 Å². The molecule has 1 aliphatic heterocycles. The zero-order chi connectivity index (χ0) is 19.0. The van der Waals surface area contributed by atoms with E-state index in [0.717, 1.165) is 5.69 Å². The van der Waals surface area contributed by atoms with Crippen LogP contribution in [0.3, 0.4) is 0 Å². The second kappa shape index (κ2) is 6.85. The van der Waals surface area contributed by atoms with Crippen LogP contribution in [0.2, 0.25) is 5.02 Å². The molecular formula is C18H16ClN5O2S. The monoisotopic (exact) mass is 401 g/mol. The highest BCUT2D eigenvalue weighted by Crippen LogP contribution is 2.27. The summed E-state index contributed by atoms with van der Waals surface area (Å²) in [7, 11) is -3.60. The van der Waals surface area contributed by atoms with Gasteiger partial charge in [-0.3, -0.25) is 0 Å². The molecule has 138 valence electrons. The summed E-state index contributed by atoms with van der Waals surface area (Å²) < 4.78 is 27.6. The Bertz CT molecular complexity index is 1140. The number of pyridine rings is 1. The Morgan fingerprint density at radius 3 is 2.67 bits per heavy atom. The Labute approximate surface area is 161 Å². The topological polar surface area (TPSA) is 93.1 Å². The summed E-state index contributed by atoms with van der Waals surface area (Å²) in [6, 6.07) is 10.8. The Morgan fingerprint density at radius 2 is 1.96 bits per heavy atom. The molecule has 0 unspecified atom stereocenters. The number of hydrogen-bond acceptors (Lipinski definition) is 5. The number of nitriles is 1. The maximum atomic E-state index is 13.0. The third-order valence-electron chi connectivity index (χ3n) is 4.71. The standard InChI is InChI=1S/C18H16ClN5O2S/c19-16-10-14(4-3-13(16)11-20)23-6-8-24(9-7-23)27(25,26)17-12-22-18-15(17)2-1-5-21-18/h1-5,10,12H,6-9H2,(H,21,22). The molecule has 0 bridgehead atoms. The van der Waals surface area contributed by atoms with Gasteiger partial charge in [-0.1, -0.05) is 11.6 Å². The lowest BCUT2D eigenvalue weighted by atomic mass is 10.2.